The highest BCUT2D eigenvalue weighted by atomic mass is 32.1. The Kier molecular flexibility index (Phi) is 3.44. The molecule has 2 heterocycles. The van der Waals surface area contributed by atoms with Gasteiger partial charge in [0.05, 0.1) is 11.6 Å². The third kappa shape index (κ3) is 2.54. The van der Waals surface area contributed by atoms with E-state index in [4.69, 9.17) is 0 Å². The van der Waals surface area contributed by atoms with Crippen LogP contribution in [0.3, 0.4) is 0 Å². The molecule has 5 heteroatoms. The van der Waals surface area contributed by atoms with Gasteiger partial charge in [-0.3, -0.25) is 4.79 Å². The second kappa shape index (κ2) is 5.25. The lowest BCUT2D eigenvalue weighted by Gasteiger charge is -2.15. The van der Waals surface area contributed by atoms with Gasteiger partial charge in [-0.15, -0.1) is 11.3 Å². The number of carbonyl (C=O) groups excluding carboxylic acids is 1. The summed E-state index contributed by atoms with van der Waals surface area (Å²) in [6, 6.07) is 6.21. The fourth-order valence-corrected chi connectivity index (χ4v) is 3.25. The van der Waals surface area contributed by atoms with Crippen molar-refractivity contribution in [2.45, 2.75) is 26.8 Å². The lowest BCUT2D eigenvalue weighted by atomic mass is 10.1. The third-order valence-electron chi connectivity index (χ3n) is 3.49. The van der Waals surface area contributed by atoms with Crippen LogP contribution in [0.4, 0.5) is 11.4 Å². The van der Waals surface area contributed by atoms with Gasteiger partial charge in [0.2, 0.25) is 5.91 Å². The minimum absolute atomic E-state index is 0.115. The zero-order valence-corrected chi connectivity index (χ0v) is 12.5. The average Bonchev–Trinajstić information content (AvgIpc) is 3.01. The van der Waals surface area contributed by atoms with Crippen LogP contribution >= 0.6 is 11.3 Å². The van der Waals surface area contributed by atoms with Crippen molar-refractivity contribution in [3.8, 4) is 0 Å². The van der Waals surface area contributed by atoms with E-state index in [1.807, 2.05) is 30.2 Å². The molecule has 0 fully saturated rings. The van der Waals surface area contributed by atoms with E-state index in [1.165, 1.54) is 10.4 Å². The van der Waals surface area contributed by atoms with Crippen LogP contribution in [0.5, 0.6) is 0 Å². The molecule has 4 nitrogen and oxygen atoms in total. The molecule has 1 N–H and O–H groups in total. The van der Waals surface area contributed by atoms with Crippen LogP contribution < -0.4 is 10.2 Å². The van der Waals surface area contributed by atoms with Gasteiger partial charge in [-0.2, -0.15) is 0 Å². The number of aryl methyl sites for hydroxylation is 1. The van der Waals surface area contributed by atoms with Crippen LogP contribution in [-0.4, -0.2) is 17.4 Å². The highest BCUT2D eigenvalue weighted by Crippen LogP contribution is 2.30. The molecule has 0 radical (unpaired) electrons. The minimum Gasteiger partial charge on any atom is -0.380 e. The van der Waals surface area contributed by atoms with E-state index in [-0.39, 0.29) is 5.91 Å². The standard InChI is InChI=1S/C15H17N3OS/c1-10-16-8-14(20-10)9-17-13-3-4-15-12(7-13)5-6-18(15)11(2)19/h3-4,7-8,17H,5-6,9H2,1-2H3. The Morgan fingerprint density at radius 1 is 1.50 bits per heavy atom. The van der Waals surface area contributed by atoms with Crippen LogP contribution in [0.2, 0.25) is 0 Å². The van der Waals surface area contributed by atoms with Crippen LogP contribution in [0.15, 0.2) is 24.4 Å². The summed E-state index contributed by atoms with van der Waals surface area (Å²) >= 11 is 1.71. The SMILES string of the molecule is CC(=O)N1CCc2cc(NCc3cnc(C)s3)ccc21. The Morgan fingerprint density at radius 3 is 3.05 bits per heavy atom. The van der Waals surface area contributed by atoms with E-state index in [2.05, 4.69) is 16.4 Å². The van der Waals surface area contributed by atoms with Crippen LogP contribution in [0.25, 0.3) is 0 Å². The normalized spacial score (nSPS) is 13.4. The van der Waals surface area contributed by atoms with Gasteiger partial charge >= 0.3 is 0 Å². The summed E-state index contributed by atoms with van der Waals surface area (Å²) in [5.74, 6) is 0.115. The molecule has 0 atom stereocenters. The number of rotatable bonds is 3. The average molecular weight is 287 g/mol. The predicted molar refractivity (Wildman–Crippen MR) is 82.4 cm³/mol. The lowest BCUT2D eigenvalue weighted by molar-refractivity contribution is -0.116. The summed E-state index contributed by atoms with van der Waals surface area (Å²) in [4.78, 5) is 18.8. The molecule has 0 spiro atoms. The fraction of sp³-hybridized carbons (Fsp3) is 0.333. The summed E-state index contributed by atoms with van der Waals surface area (Å²) in [6.07, 6.45) is 2.85. The molecular formula is C15H17N3OS. The van der Waals surface area contributed by atoms with Gasteiger partial charge in [-0.05, 0) is 37.1 Å². The maximum Gasteiger partial charge on any atom is 0.223 e. The molecule has 1 aromatic carbocycles. The molecule has 1 amide bonds. The Bertz CT molecular complexity index is 650. The second-order valence-corrected chi connectivity index (χ2v) is 6.28. The van der Waals surface area contributed by atoms with Gasteiger partial charge in [0.1, 0.15) is 0 Å². The van der Waals surface area contributed by atoms with E-state index < -0.39 is 0 Å². The van der Waals surface area contributed by atoms with Crippen molar-refractivity contribution in [1.82, 2.24) is 4.98 Å². The zero-order valence-electron chi connectivity index (χ0n) is 11.6. The maximum atomic E-state index is 11.5. The summed E-state index contributed by atoms with van der Waals surface area (Å²) in [5.41, 5.74) is 3.39. The molecule has 1 aliphatic rings. The van der Waals surface area contributed by atoms with Crippen molar-refractivity contribution in [2.24, 2.45) is 0 Å². The summed E-state index contributed by atoms with van der Waals surface area (Å²) in [6.45, 7) is 5.22. The van der Waals surface area contributed by atoms with Crippen molar-refractivity contribution in [1.29, 1.82) is 0 Å². The van der Waals surface area contributed by atoms with Gasteiger partial charge in [-0.25, -0.2) is 4.98 Å². The van der Waals surface area contributed by atoms with Gasteiger partial charge in [0.15, 0.2) is 0 Å². The van der Waals surface area contributed by atoms with Crippen molar-refractivity contribution >= 4 is 28.6 Å². The maximum absolute atomic E-state index is 11.5. The molecule has 1 aromatic heterocycles. The van der Waals surface area contributed by atoms with Crippen LogP contribution in [0, 0.1) is 6.92 Å². The molecule has 2 aromatic rings. The van der Waals surface area contributed by atoms with Crippen molar-refractivity contribution < 1.29 is 4.79 Å². The largest absolute Gasteiger partial charge is 0.380 e. The quantitative estimate of drug-likeness (QED) is 0.944. The zero-order chi connectivity index (χ0) is 14.1. The number of fused-ring (bicyclic) bond motifs is 1. The van der Waals surface area contributed by atoms with Crippen LogP contribution in [-0.2, 0) is 17.8 Å². The van der Waals surface area contributed by atoms with E-state index in [0.717, 1.165) is 35.9 Å². The summed E-state index contributed by atoms with van der Waals surface area (Å²) in [7, 11) is 0. The number of aromatic nitrogens is 1. The molecule has 104 valence electrons. The molecule has 0 aliphatic carbocycles. The highest BCUT2D eigenvalue weighted by Gasteiger charge is 2.21. The van der Waals surface area contributed by atoms with E-state index in [0.29, 0.717) is 0 Å². The fourth-order valence-electron chi connectivity index (χ4n) is 2.52. The molecular weight excluding hydrogens is 270 g/mol. The Morgan fingerprint density at radius 2 is 2.35 bits per heavy atom. The Labute approximate surface area is 122 Å². The first-order valence-corrected chi connectivity index (χ1v) is 7.51. The molecule has 20 heavy (non-hydrogen) atoms. The lowest BCUT2D eigenvalue weighted by Crippen LogP contribution is -2.25. The van der Waals surface area contributed by atoms with Gasteiger partial charge in [-0.1, -0.05) is 0 Å². The first-order chi connectivity index (χ1) is 9.63. The number of nitrogens with zero attached hydrogens (tertiary/aromatic N) is 2. The molecule has 0 saturated carbocycles. The van der Waals surface area contributed by atoms with Crippen molar-refractivity contribution in [3.05, 3.63) is 39.8 Å². The van der Waals surface area contributed by atoms with Crippen LogP contribution in [0.1, 0.15) is 22.4 Å². The van der Waals surface area contributed by atoms with Gasteiger partial charge in [0, 0.05) is 35.9 Å². The number of anilines is 2. The van der Waals surface area contributed by atoms with E-state index >= 15 is 0 Å². The number of amides is 1. The highest BCUT2D eigenvalue weighted by molar-refractivity contribution is 7.11. The predicted octanol–water partition coefficient (Wildman–Crippen LogP) is 2.97. The summed E-state index contributed by atoms with van der Waals surface area (Å²) in [5, 5.41) is 4.51. The molecule has 1 aliphatic heterocycles. The first-order valence-electron chi connectivity index (χ1n) is 6.69. The Balaban J connectivity index is 1.72. The van der Waals surface area contributed by atoms with E-state index in [9.17, 15) is 4.79 Å². The van der Waals surface area contributed by atoms with Crippen molar-refractivity contribution in [3.63, 3.8) is 0 Å². The number of thiazole rings is 1. The summed E-state index contributed by atoms with van der Waals surface area (Å²) < 4.78 is 0. The first kappa shape index (κ1) is 13.1. The Hall–Kier alpha value is -1.88. The molecule has 0 bridgehead atoms. The number of benzene rings is 1. The van der Waals surface area contributed by atoms with Crippen molar-refractivity contribution in [2.75, 3.05) is 16.8 Å². The number of nitrogens with one attached hydrogen (secondary N) is 1. The molecule has 0 saturated heterocycles. The smallest absolute Gasteiger partial charge is 0.223 e. The molecule has 0 unspecified atom stereocenters. The second-order valence-electron chi connectivity index (χ2n) is 4.96. The number of hydrogen-bond donors (Lipinski definition) is 1. The number of hydrogen-bond acceptors (Lipinski definition) is 4. The topological polar surface area (TPSA) is 45.2 Å². The third-order valence-corrected chi connectivity index (χ3v) is 4.40. The monoisotopic (exact) mass is 287 g/mol. The van der Waals surface area contributed by atoms with E-state index in [1.54, 1.807) is 18.3 Å². The number of carbonyl (C=O) groups is 1. The van der Waals surface area contributed by atoms with Gasteiger partial charge < -0.3 is 10.2 Å². The van der Waals surface area contributed by atoms with Gasteiger partial charge in [0.25, 0.3) is 0 Å². The minimum atomic E-state index is 0.115. The molecule has 3 rings (SSSR count).